The first-order valence-corrected chi connectivity index (χ1v) is 4.97. The predicted molar refractivity (Wildman–Crippen MR) is 54.2 cm³/mol. The molecule has 1 aliphatic rings. The van der Waals surface area contributed by atoms with Crippen LogP contribution in [0.3, 0.4) is 0 Å². The summed E-state index contributed by atoms with van der Waals surface area (Å²) in [5.41, 5.74) is -0.533. The van der Waals surface area contributed by atoms with Crippen LogP contribution in [0.25, 0.3) is 0 Å². The van der Waals surface area contributed by atoms with Gasteiger partial charge in [0.05, 0.1) is 6.04 Å². The van der Waals surface area contributed by atoms with Gasteiger partial charge in [0, 0.05) is 5.54 Å². The SMILES string of the molecule is C[C@H]1NC(=O)N(C(C)(C)C)C(=O)[C@@H]1Cl. The molecule has 0 spiro atoms. The van der Waals surface area contributed by atoms with Gasteiger partial charge in [-0.1, -0.05) is 0 Å². The fraction of sp³-hybridized carbons (Fsp3) is 0.778. The van der Waals surface area contributed by atoms with Crippen LogP contribution < -0.4 is 5.32 Å². The maximum atomic E-state index is 11.7. The highest BCUT2D eigenvalue weighted by atomic mass is 35.5. The third-order valence-corrected chi connectivity index (χ3v) is 2.68. The van der Waals surface area contributed by atoms with Crippen molar-refractivity contribution < 1.29 is 9.59 Å². The molecule has 0 saturated carbocycles. The van der Waals surface area contributed by atoms with Gasteiger partial charge in [-0.05, 0) is 27.7 Å². The molecule has 5 heteroatoms. The first-order valence-electron chi connectivity index (χ1n) is 4.54. The summed E-state index contributed by atoms with van der Waals surface area (Å²) in [7, 11) is 0. The smallest absolute Gasteiger partial charge is 0.324 e. The van der Waals surface area contributed by atoms with E-state index in [0.29, 0.717) is 0 Å². The third kappa shape index (κ3) is 1.85. The number of carbonyl (C=O) groups is 2. The highest BCUT2D eigenvalue weighted by Gasteiger charge is 2.42. The van der Waals surface area contributed by atoms with Crippen LogP contribution in [-0.2, 0) is 4.79 Å². The molecule has 1 N–H and O–H groups in total. The van der Waals surface area contributed by atoms with Gasteiger partial charge in [-0.15, -0.1) is 11.6 Å². The van der Waals surface area contributed by atoms with Crippen LogP contribution >= 0.6 is 11.6 Å². The Labute approximate surface area is 88.6 Å². The van der Waals surface area contributed by atoms with Crippen LogP contribution in [0.2, 0.25) is 0 Å². The van der Waals surface area contributed by atoms with Gasteiger partial charge in [0.2, 0.25) is 0 Å². The zero-order chi connectivity index (χ0) is 11.1. The van der Waals surface area contributed by atoms with E-state index in [-0.39, 0.29) is 18.0 Å². The van der Waals surface area contributed by atoms with Crippen molar-refractivity contribution in [3.63, 3.8) is 0 Å². The first-order chi connectivity index (χ1) is 6.25. The number of hydrogen-bond donors (Lipinski definition) is 1. The van der Waals surface area contributed by atoms with E-state index in [1.54, 1.807) is 27.7 Å². The van der Waals surface area contributed by atoms with Gasteiger partial charge in [0.1, 0.15) is 5.38 Å². The zero-order valence-electron chi connectivity index (χ0n) is 8.80. The van der Waals surface area contributed by atoms with Crippen LogP contribution in [-0.4, -0.2) is 33.8 Å². The Bertz CT molecular complexity index is 272. The number of hydrogen-bond acceptors (Lipinski definition) is 2. The first kappa shape index (κ1) is 11.3. The summed E-state index contributed by atoms with van der Waals surface area (Å²) in [6, 6.07) is -0.679. The maximum absolute atomic E-state index is 11.7. The van der Waals surface area contributed by atoms with Crippen molar-refractivity contribution in [2.45, 2.75) is 44.7 Å². The number of halogens is 1. The molecule has 14 heavy (non-hydrogen) atoms. The average Bonchev–Trinajstić information content (AvgIpc) is 1.97. The van der Waals surface area contributed by atoms with E-state index in [0.717, 1.165) is 0 Å². The minimum atomic E-state index is -0.674. The van der Waals surface area contributed by atoms with E-state index in [1.165, 1.54) is 4.90 Å². The molecular weight excluding hydrogens is 204 g/mol. The summed E-state index contributed by atoms with van der Waals surface area (Å²) in [6.45, 7) is 7.10. The van der Waals surface area contributed by atoms with Crippen LogP contribution in [0.4, 0.5) is 4.79 Å². The Morgan fingerprint density at radius 3 is 2.29 bits per heavy atom. The monoisotopic (exact) mass is 218 g/mol. The summed E-state index contributed by atoms with van der Waals surface area (Å²) in [5, 5.41) is 1.98. The Morgan fingerprint density at radius 1 is 1.36 bits per heavy atom. The Kier molecular flexibility index (Phi) is 2.76. The van der Waals surface area contributed by atoms with E-state index in [1.807, 2.05) is 0 Å². The second-order valence-electron chi connectivity index (χ2n) is 4.48. The summed E-state index contributed by atoms with van der Waals surface area (Å²) in [5.74, 6) is -0.324. The van der Waals surface area contributed by atoms with Crippen molar-refractivity contribution in [3.05, 3.63) is 0 Å². The summed E-state index contributed by atoms with van der Waals surface area (Å²) >= 11 is 5.88. The van der Waals surface area contributed by atoms with Crippen LogP contribution in [0.1, 0.15) is 27.7 Å². The lowest BCUT2D eigenvalue weighted by atomic mass is 10.0. The minimum absolute atomic E-state index is 0.310. The fourth-order valence-electron chi connectivity index (χ4n) is 1.40. The van der Waals surface area contributed by atoms with Gasteiger partial charge >= 0.3 is 6.03 Å². The van der Waals surface area contributed by atoms with Crippen molar-refractivity contribution in [2.75, 3.05) is 0 Å². The van der Waals surface area contributed by atoms with Crippen molar-refractivity contribution in [2.24, 2.45) is 0 Å². The molecule has 1 rings (SSSR count). The highest BCUT2D eigenvalue weighted by molar-refractivity contribution is 6.33. The lowest BCUT2D eigenvalue weighted by molar-refractivity contribution is -0.133. The third-order valence-electron chi connectivity index (χ3n) is 2.12. The second-order valence-corrected chi connectivity index (χ2v) is 4.95. The standard InChI is InChI=1S/C9H15ClN2O2/c1-5-6(10)7(13)12(8(14)11-5)9(2,3)4/h5-6H,1-4H3,(H,11,14)/t5-,6-/m1/s1. The quantitative estimate of drug-likeness (QED) is 0.624. The molecule has 1 fully saturated rings. The molecule has 0 radical (unpaired) electrons. The van der Waals surface area contributed by atoms with E-state index in [2.05, 4.69) is 5.32 Å². The Hall–Kier alpha value is -0.770. The average molecular weight is 219 g/mol. The van der Waals surface area contributed by atoms with E-state index >= 15 is 0 Å². The van der Waals surface area contributed by atoms with E-state index in [9.17, 15) is 9.59 Å². The zero-order valence-corrected chi connectivity index (χ0v) is 9.55. The number of rotatable bonds is 0. The normalized spacial score (nSPS) is 29.1. The molecule has 1 saturated heterocycles. The number of nitrogens with zero attached hydrogens (tertiary/aromatic N) is 1. The van der Waals surface area contributed by atoms with Gasteiger partial charge in [-0.2, -0.15) is 0 Å². The summed E-state index contributed by atoms with van der Waals surface area (Å²) < 4.78 is 0. The lowest BCUT2D eigenvalue weighted by Crippen LogP contribution is -2.64. The highest BCUT2D eigenvalue weighted by Crippen LogP contribution is 2.22. The largest absolute Gasteiger partial charge is 0.333 e. The molecule has 1 heterocycles. The van der Waals surface area contributed by atoms with E-state index < -0.39 is 10.9 Å². The van der Waals surface area contributed by atoms with Crippen LogP contribution in [0.15, 0.2) is 0 Å². The van der Waals surface area contributed by atoms with Crippen LogP contribution in [0.5, 0.6) is 0 Å². The molecule has 2 atom stereocenters. The van der Waals surface area contributed by atoms with Crippen molar-refractivity contribution in [3.8, 4) is 0 Å². The molecule has 0 bridgehead atoms. The number of nitrogens with one attached hydrogen (secondary N) is 1. The number of imide groups is 1. The van der Waals surface area contributed by atoms with Gasteiger partial charge in [-0.3, -0.25) is 9.69 Å². The number of alkyl halides is 1. The molecule has 0 aromatic carbocycles. The summed E-state index contributed by atoms with van der Waals surface area (Å²) in [4.78, 5) is 24.4. The van der Waals surface area contributed by atoms with E-state index in [4.69, 9.17) is 11.6 Å². The second kappa shape index (κ2) is 3.42. The summed E-state index contributed by atoms with van der Waals surface area (Å²) in [6.07, 6.45) is 0. The molecular formula is C9H15ClN2O2. The molecule has 1 aliphatic heterocycles. The van der Waals surface area contributed by atoms with Gasteiger partial charge < -0.3 is 5.32 Å². The molecule has 0 aromatic rings. The maximum Gasteiger partial charge on any atom is 0.324 e. The lowest BCUT2D eigenvalue weighted by Gasteiger charge is -2.40. The molecule has 0 aliphatic carbocycles. The van der Waals surface area contributed by atoms with Gasteiger partial charge in [0.25, 0.3) is 5.91 Å². The van der Waals surface area contributed by atoms with Gasteiger partial charge in [-0.25, -0.2) is 4.79 Å². The molecule has 0 aromatic heterocycles. The number of amides is 3. The Morgan fingerprint density at radius 2 is 1.86 bits per heavy atom. The molecule has 3 amide bonds. The van der Waals surface area contributed by atoms with Crippen molar-refractivity contribution >= 4 is 23.5 Å². The topological polar surface area (TPSA) is 49.4 Å². The number of carbonyl (C=O) groups excluding carboxylic acids is 2. The fourth-order valence-corrected chi connectivity index (χ4v) is 1.57. The number of urea groups is 1. The van der Waals surface area contributed by atoms with Crippen molar-refractivity contribution in [1.82, 2.24) is 10.2 Å². The van der Waals surface area contributed by atoms with Gasteiger partial charge in [0.15, 0.2) is 0 Å². The Balaban J connectivity index is 2.97. The molecule has 80 valence electrons. The van der Waals surface area contributed by atoms with Crippen LogP contribution in [0, 0.1) is 0 Å². The van der Waals surface area contributed by atoms with Crippen molar-refractivity contribution in [1.29, 1.82) is 0 Å². The predicted octanol–water partition coefficient (Wildman–Crippen LogP) is 1.33. The minimum Gasteiger partial charge on any atom is -0.333 e. The molecule has 4 nitrogen and oxygen atoms in total. The molecule has 0 unspecified atom stereocenters.